The highest BCUT2D eigenvalue weighted by Gasteiger charge is 2.21. The number of hydrogen-bond acceptors (Lipinski definition) is 11. The number of benzene rings is 4. The number of ether oxygens (including phenoxy) is 1. The summed E-state index contributed by atoms with van der Waals surface area (Å²) in [6, 6.07) is 27.3. The van der Waals surface area contributed by atoms with Crippen LogP contribution < -0.4 is 21.4 Å². The fraction of sp³-hybridized carbons (Fsp3) is 0. The number of nitrogens with zero attached hydrogens (tertiary/aromatic N) is 6. The zero-order chi connectivity index (χ0) is 30.9. The molecule has 5 aromatic rings. The van der Waals surface area contributed by atoms with Gasteiger partial charge >= 0.3 is 5.97 Å². The van der Waals surface area contributed by atoms with E-state index in [1.165, 1.54) is 18.3 Å². The molecule has 0 saturated heterocycles. The second-order valence-electron chi connectivity index (χ2n) is 8.86. The highest BCUT2D eigenvalue weighted by Crippen LogP contribution is 2.24. The Balaban J connectivity index is 1.36. The molecule has 0 spiro atoms. The lowest BCUT2D eigenvalue weighted by Crippen LogP contribution is -2.28. The predicted octanol–water partition coefficient (Wildman–Crippen LogP) is 4.68. The normalized spacial score (nSPS) is 11.8. The van der Waals surface area contributed by atoms with Crippen LogP contribution in [0.25, 0.3) is 0 Å². The lowest BCUT2D eigenvalue weighted by molar-refractivity contribution is -0.394. The number of hydrogen-bond donors (Lipinski definition) is 3. The molecule has 1 aromatic heterocycles. The number of esters is 1. The maximum absolute atomic E-state index is 12.7. The van der Waals surface area contributed by atoms with Crippen LogP contribution in [-0.2, 0) is 0 Å². The van der Waals surface area contributed by atoms with Crippen molar-refractivity contribution in [3.63, 3.8) is 0 Å². The van der Waals surface area contributed by atoms with Crippen molar-refractivity contribution in [2.75, 3.05) is 5.43 Å². The third-order valence-corrected chi connectivity index (χ3v) is 5.69. The molecule has 0 aliphatic carbocycles. The summed E-state index contributed by atoms with van der Waals surface area (Å²) in [6.07, 6.45) is 1.43. The molecule has 0 atom stereocenters. The molecule has 15 heteroatoms. The van der Waals surface area contributed by atoms with Crippen molar-refractivity contribution < 1.29 is 19.4 Å². The zero-order valence-corrected chi connectivity index (χ0v) is 22.5. The number of carbonyl (C=O) groups excluding carboxylic acids is 1. The molecule has 0 amide bonds. The quantitative estimate of drug-likeness (QED) is 0.0719. The highest BCUT2D eigenvalue weighted by atomic mass is 16.6. The van der Waals surface area contributed by atoms with Gasteiger partial charge in [-0.2, -0.15) is 10.1 Å². The van der Waals surface area contributed by atoms with Gasteiger partial charge in [-0.15, -0.1) is 0 Å². The molecule has 0 radical (unpaired) electrons. The summed E-state index contributed by atoms with van der Waals surface area (Å²) in [4.78, 5) is 52.8. The van der Waals surface area contributed by atoms with E-state index in [1.807, 2.05) is 60.7 Å². The van der Waals surface area contributed by atoms with Gasteiger partial charge < -0.3 is 4.74 Å². The average molecular weight is 592 g/mol. The van der Waals surface area contributed by atoms with E-state index in [2.05, 4.69) is 35.5 Å². The minimum atomic E-state index is -1.01. The van der Waals surface area contributed by atoms with Crippen LogP contribution in [0.4, 0.5) is 28.7 Å². The van der Waals surface area contributed by atoms with Crippen LogP contribution in [0.15, 0.2) is 118 Å². The second-order valence-corrected chi connectivity index (χ2v) is 8.86. The molecular weight excluding hydrogens is 570 g/mol. The standard InChI is InChI=1S/C29H21N9O6/c39-26(20-15-23(37(40)41)17-24(16-20)38(42)43)44-25-13-7-8-19(14-25)18-30-36-29-34-27(31-21-9-3-1-4-10-21)33-28(35-29)32-22-11-5-2-6-12-22/h1-18H,(H3,31,32,33,34,35,36)/b30-18-. The third-order valence-electron chi connectivity index (χ3n) is 5.69. The first-order chi connectivity index (χ1) is 21.3. The molecule has 0 aliphatic heterocycles. The SMILES string of the molecule is O=C(Oc1cccc(/C=N\Nc2nc(=Nc3ccccc3)[nH]c(=Nc3ccccc3)[nH]2)c1)c1cc([N+](=O)[O-])cc([N+](=O)[O-])c1. The van der Waals surface area contributed by atoms with E-state index in [9.17, 15) is 25.0 Å². The molecule has 4 aromatic carbocycles. The number of nitro groups is 2. The molecule has 0 unspecified atom stereocenters. The number of H-pyrrole nitrogens is 2. The maximum atomic E-state index is 12.7. The van der Waals surface area contributed by atoms with E-state index in [0.29, 0.717) is 22.6 Å². The Morgan fingerprint density at radius 2 is 1.43 bits per heavy atom. The van der Waals surface area contributed by atoms with E-state index >= 15 is 0 Å². The van der Waals surface area contributed by atoms with Crippen molar-refractivity contribution in [2.24, 2.45) is 15.1 Å². The number of para-hydroxylation sites is 2. The maximum Gasteiger partial charge on any atom is 0.344 e. The lowest BCUT2D eigenvalue weighted by atomic mass is 10.1. The topological polar surface area (TPSA) is 206 Å². The van der Waals surface area contributed by atoms with E-state index in [0.717, 1.165) is 18.2 Å². The van der Waals surface area contributed by atoms with E-state index in [-0.39, 0.29) is 22.9 Å². The van der Waals surface area contributed by atoms with Crippen molar-refractivity contribution in [1.29, 1.82) is 0 Å². The van der Waals surface area contributed by atoms with Crippen molar-refractivity contribution in [1.82, 2.24) is 15.0 Å². The van der Waals surface area contributed by atoms with Gasteiger partial charge in [0.1, 0.15) is 5.75 Å². The lowest BCUT2D eigenvalue weighted by Gasteiger charge is -2.05. The summed E-state index contributed by atoms with van der Waals surface area (Å²) >= 11 is 0. The molecule has 1 heterocycles. The van der Waals surface area contributed by atoms with Crippen LogP contribution in [0.3, 0.4) is 0 Å². The molecule has 218 valence electrons. The Bertz CT molecular complexity index is 1900. The number of aromatic nitrogens is 3. The van der Waals surface area contributed by atoms with Crippen LogP contribution in [-0.4, -0.2) is 37.0 Å². The molecule has 5 rings (SSSR count). The Kier molecular flexibility index (Phi) is 8.66. The molecule has 15 nitrogen and oxygen atoms in total. The summed E-state index contributed by atoms with van der Waals surface area (Å²) in [6.45, 7) is 0. The molecule has 0 saturated carbocycles. The van der Waals surface area contributed by atoms with Gasteiger partial charge in [0.05, 0.1) is 39.1 Å². The van der Waals surface area contributed by atoms with Gasteiger partial charge in [-0.3, -0.25) is 30.2 Å². The number of anilines is 1. The van der Waals surface area contributed by atoms with Crippen LogP contribution in [0.1, 0.15) is 15.9 Å². The monoisotopic (exact) mass is 591 g/mol. The van der Waals surface area contributed by atoms with Gasteiger partial charge in [0, 0.05) is 12.1 Å². The Hall–Kier alpha value is -6.77. The minimum Gasteiger partial charge on any atom is -0.423 e. The fourth-order valence-electron chi connectivity index (χ4n) is 3.75. The number of hydrazone groups is 1. The van der Waals surface area contributed by atoms with Gasteiger partial charge in [-0.05, 0) is 42.0 Å². The van der Waals surface area contributed by atoms with Gasteiger partial charge in [0.25, 0.3) is 11.4 Å². The first-order valence-electron chi connectivity index (χ1n) is 12.8. The molecule has 0 fully saturated rings. The van der Waals surface area contributed by atoms with Crippen molar-refractivity contribution >= 4 is 40.9 Å². The molecule has 0 aliphatic rings. The number of nitro benzene ring substituents is 2. The van der Waals surface area contributed by atoms with Crippen molar-refractivity contribution in [3.05, 3.63) is 146 Å². The summed E-state index contributed by atoms with van der Waals surface area (Å²) in [5, 5.41) is 26.5. The van der Waals surface area contributed by atoms with Crippen LogP contribution >= 0.6 is 0 Å². The van der Waals surface area contributed by atoms with Gasteiger partial charge in [-0.1, -0.05) is 48.5 Å². The largest absolute Gasteiger partial charge is 0.423 e. The van der Waals surface area contributed by atoms with E-state index in [1.54, 1.807) is 12.1 Å². The number of nitrogens with one attached hydrogen (secondary N) is 3. The Labute approximate surface area is 247 Å². The molecule has 3 N–H and O–H groups in total. The number of rotatable bonds is 9. The smallest absolute Gasteiger partial charge is 0.344 e. The van der Waals surface area contributed by atoms with Gasteiger partial charge in [0.15, 0.2) is 0 Å². The molecular formula is C29H21N9O6. The number of carbonyl (C=O) groups is 1. The van der Waals surface area contributed by atoms with Crippen molar-refractivity contribution in [2.45, 2.75) is 0 Å². The first kappa shape index (κ1) is 28.7. The zero-order valence-electron chi connectivity index (χ0n) is 22.5. The summed E-state index contributed by atoms with van der Waals surface area (Å²) in [5.41, 5.74) is 3.72. The predicted molar refractivity (Wildman–Crippen MR) is 159 cm³/mol. The summed E-state index contributed by atoms with van der Waals surface area (Å²) in [5.74, 6) is -0.702. The Morgan fingerprint density at radius 3 is 2.07 bits per heavy atom. The van der Waals surface area contributed by atoms with Crippen LogP contribution in [0.5, 0.6) is 5.75 Å². The van der Waals surface area contributed by atoms with Crippen molar-refractivity contribution in [3.8, 4) is 5.75 Å². The first-order valence-corrected chi connectivity index (χ1v) is 12.8. The number of aromatic amines is 2. The average Bonchev–Trinajstić information content (AvgIpc) is 3.02. The Morgan fingerprint density at radius 1 is 0.795 bits per heavy atom. The molecule has 0 bridgehead atoms. The van der Waals surface area contributed by atoms with Crippen LogP contribution in [0.2, 0.25) is 0 Å². The highest BCUT2D eigenvalue weighted by molar-refractivity contribution is 5.93. The summed E-state index contributed by atoms with van der Waals surface area (Å²) < 4.78 is 5.31. The third kappa shape index (κ3) is 7.70. The molecule has 44 heavy (non-hydrogen) atoms. The van der Waals surface area contributed by atoms with Gasteiger partial charge in [-0.25, -0.2) is 20.2 Å². The minimum absolute atomic E-state index is 0.0833. The van der Waals surface area contributed by atoms with E-state index in [4.69, 9.17) is 4.74 Å². The fourth-order valence-corrected chi connectivity index (χ4v) is 3.75. The van der Waals surface area contributed by atoms with E-state index < -0.39 is 27.2 Å². The second kappa shape index (κ2) is 13.3. The van der Waals surface area contributed by atoms with Gasteiger partial charge in [0.2, 0.25) is 17.2 Å². The number of non-ortho nitro benzene ring substituents is 2. The van der Waals surface area contributed by atoms with Crippen LogP contribution in [0, 0.1) is 20.2 Å². The summed E-state index contributed by atoms with van der Waals surface area (Å²) in [7, 11) is 0.